The number of halogens is 1. The minimum absolute atomic E-state index is 0. The van der Waals surface area contributed by atoms with Crippen LogP contribution in [-0.2, 0) is 4.79 Å². The van der Waals surface area contributed by atoms with Gasteiger partial charge in [-0.05, 0) is 26.9 Å². The van der Waals surface area contributed by atoms with E-state index in [2.05, 4.69) is 30.6 Å². The number of nitrogens with zero attached hydrogens (tertiary/aromatic N) is 1. The number of rotatable bonds is 5. The molecule has 0 heterocycles. The highest BCUT2D eigenvalue weighted by atomic mass is 35.5. The van der Waals surface area contributed by atoms with Crippen molar-refractivity contribution in [2.45, 2.75) is 33.9 Å². The Hall–Kier alpha value is -0.540. The second-order valence-electron chi connectivity index (χ2n) is 3.15. The van der Waals surface area contributed by atoms with Crippen LogP contribution in [0.15, 0.2) is 12.2 Å². The van der Waals surface area contributed by atoms with E-state index in [0.29, 0.717) is 5.57 Å². The molecule has 0 aromatic rings. The van der Waals surface area contributed by atoms with E-state index in [9.17, 15) is 4.79 Å². The quantitative estimate of drug-likeness (QED) is 0.566. The van der Waals surface area contributed by atoms with Gasteiger partial charge >= 0.3 is 0 Å². The smallest absolute Gasteiger partial charge is 0.247 e. The van der Waals surface area contributed by atoms with Crippen LogP contribution < -0.4 is 5.32 Å². The van der Waals surface area contributed by atoms with Crippen molar-refractivity contribution in [3.05, 3.63) is 12.2 Å². The maximum Gasteiger partial charge on any atom is 0.247 e. The molecule has 0 saturated heterocycles. The molecule has 4 heteroatoms. The van der Waals surface area contributed by atoms with Crippen LogP contribution in [0, 0.1) is 0 Å². The Balaban J connectivity index is 0. The Morgan fingerprint density at radius 1 is 1.43 bits per heavy atom. The summed E-state index contributed by atoms with van der Waals surface area (Å²) < 4.78 is 0. The van der Waals surface area contributed by atoms with Gasteiger partial charge in [-0.3, -0.25) is 9.69 Å². The molecule has 14 heavy (non-hydrogen) atoms. The molecule has 1 atom stereocenters. The van der Waals surface area contributed by atoms with Gasteiger partial charge in [0.25, 0.3) is 0 Å². The van der Waals surface area contributed by atoms with Crippen LogP contribution in [0.4, 0.5) is 0 Å². The Morgan fingerprint density at radius 2 is 1.86 bits per heavy atom. The highest BCUT2D eigenvalue weighted by Gasteiger charge is 2.12. The first-order valence-corrected chi connectivity index (χ1v) is 4.73. The third-order valence-electron chi connectivity index (χ3n) is 2.09. The molecule has 0 rings (SSSR count). The lowest BCUT2D eigenvalue weighted by Gasteiger charge is -2.26. The third kappa shape index (κ3) is 5.25. The summed E-state index contributed by atoms with van der Waals surface area (Å²) in [6.07, 6.45) is 0.0826. The molecule has 0 aromatic carbocycles. The maximum absolute atomic E-state index is 11.3. The predicted molar refractivity (Wildman–Crippen MR) is 62.6 cm³/mol. The maximum atomic E-state index is 11.3. The normalized spacial score (nSPS) is 11.8. The zero-order valence-corrected chi connectivity index (χ0v) is 10.3. The Bertz CT molecular complexity index is 191. The van der Waals surface area contributed by atoms with E-state index >= 15 is 0 Å². The van der Waals surface area contributed by atoms with Gasteiger partial charge < -0.3 is 5.32 Å². The Kier molecular flexibility index (Phi) is 8.89. The van der Waals surface area contributed by atoms with Crippen molar-refractivity contribution in [2.75, 3.05) is 13.1 Å². The zero-order valence-electron chi connectivity index (χ0n) is 9.46. The minimum Gasteiger partial charge on any atom is -0.337 e. The van der Waals surface area contributed by atoms with Crippen molar-refractivity contribution in [3.8, 4) is 0 Å². The largest absolute Gasteiger partial charge is 0.337 e. The fourth-order valence-electron chi connectivity index (χ4n) is 1.18. The van der Waals surface area contributed by atoms with Gasteiger partial charge in [0.15, 0.2) is 0 Å². The SMILES string of the molecule is C=C(C)C(=O)NC(C)N(CC)CC.Cl. The predicted octanol–water partition coefficient (Wildman–Crippen LogP) is 1.79. The molecule has 0 saturated carbocycles. The molecule has 1 unspecified atom stereocenters. The molecular formula is C10H21ClN2O. The standard InChI is InChI=1S/C10H20N2O.ClH/c1-6-12(7-2)9(5)11-10(13)8(3)4;/h9H,3,6-7H2,1-2,4-5H3,(H,11,13);1H. The summed E-state index contributed by atoms with van der Waals surface area (Å²) in [4.78, 5) is 13.4. The summed E-state index contributed by atoms with van der Waals surface area (Å²) in [5.74, 6) is -0.0700. The molecule has 0 fully saturated rings. The molecule has 0 aliphatic rings. The van der Waals surface area contributed by atoms with Crippen molar-refractivity contribution < 1.29 is 4.79 Å². The number of carbonyl (C=O) groups is 1. The summed E-state index contributed by atoms with van der Waals surface area (Å²) in [5.41, 5.74) is 0.555. The molecule has 0 spiro atoms. The lowest BCUT2D eigenvalue weighted by atomic mass is 10.3. The summed E-state index contributed by atoms with van der Waals surface area (Å²) in [5, 5.41) is 2.87. The van der Waals surface area contributed by atoms with Crippen molar-refractivity contribution in [2.24, 2.45) is 0 Å². The lowest BCUT2D eigenvalue weighted by molar-refractivity contribution is -0.119. The number of nitrogens with one attached hydrogen (secondary N) is 1. The molecule has 3 nitrogen and oxygen atoms in total. The Morgan fingerprint density at radius 3 is 2.14 bits per heavy atom. The van der Waals surface area contributed by atoms with E-state index in [4.69, 9.17) is 0 Å². The van der Waals surface area contributed by atoms with Crippen molar-refractivity contribution in [1.82, 2.24) is 10.2 Å². The fourth-order valence-corrected chi connectivity index (χ4v) is 1.18. The van der Waals surface area contributed by atoms with E-state index in [1.807, 2.05) is 6.92 Å². The van der Waals surface area contributed by atoms with Crippen molar-refractivity contribution in [1.29, 1.82) is 0 Å². The second kappa shape index (κ2) is 7.83. The number of hydrogen-bond acceptors (Lipinski definition) is 2. The molecule has 0 aromatic heterocycles. The van der Waals surface area contributed by atoms with Crippen LogP contribution in [0.3, 0.4) is 0 Å². The van der Waals surface area contributed by atoms with E-state index in [-0.39, 0.29) is 24.5 Å². The van der Waals surface area contributed by atoms with Crippen LogP contribution in [0.2, 0.25) is 0 Å². The minimum atomic E-state index is -0.0700. The molecule has 0 radical (unpaired) electrons. The van der Waals surface area contributed by atoms with E-state index < -0.39 is 0 Å². The van der Waals surface area contributed by atoms with Crippen LogP contribution in [0.5, 0.6) is 0 Å². The van der Waals surface area contributed by atoms with E-state index in [1.165, 1.54) is 0 Å². The first-order valence-electron chi connectivity index (χ1n) is 4.73. The van der Waals surface area contributed by atoms with Gasteiger partial charge in [-0.2, -0.15) is 0 Å². The monoisotopic (exact) mass is 220 g/mol. The van der Waals surface area contributed by atoms with Crippen LogP contribution in [0.25, 0.3) is 0 Å². The molecule has 0 bridgehead atoms. The van der Waals surface area contributed by atoms with Gasteiger partial charge in [-0.15, -0.1) is 12.4 Å². The van der Waals surface area contributed by atoms with Crippen LogP contribution >= 0.6 is 12.4 Å². The number of amides is 1. The topological polar surface area (TPSA) is 32.3 Å². The summed E-state index contributed by atoms with van der Waals surface area (Å²) >= 11 is 0. The first-order chi connectivity index (χ1) is 6.02. The van der Waals surface area contributed by atoms with Crippen molar-refractivity contribution in [3.63, 3.8) is 0 Å². The van der Waals surface area contributed by atoms with Gasteiger partial charge in [-0.25, -0.2) is 0 Å². The summed E-state index contributed by atoms with van der Waals surface area (Å²) in [7, 11) is 0. The number of carbonyl (C=O) groups excluding carboxylic acids is 1. The molecule has 0 aliphatic heterocycles. The van der Waals surface area contributed by atoms with Gasteiger partial charge in [-0.1, -0.05) is 20.4 Å². The Labute approximate surface area is 93.0 Å². The van der Waals surface area contributed by atoms with Crippen LogP contribution in [-0.4, -0.2) is 30.1 Å². The summed E-state index contributed by atoms with van der Waals surface area (Å²) in [6.45, 7) is 13.3. The lowest BCUT2D eigenvalue weighted by Crippen LogP contribution is -2.46. The average Bonchev–Trinajstić information content (AvgIpc) is 2.06. The highest BCUT2D eigenvalue weighted by Crippen LogP contribution is 1.96. The average molecular weight is 221 g/mol. The molecule has 1 amide bonds. The second-order valence-corrected chi connectivity index (χ2v) is 3.15. The van der Waals surface area contributed by atoms with Gasteiger partial charge in [0.2, 0.25) is 5.91 Å². The number of hydrogen-bond donors (Lipinski definition) is 1. The van der Waals surface area contributed by atoms with E-state index in [0.717, 1.165) is 13.1 Å². The van der Waals surface area contributed by atoms with Crippen LogP contribution in [0.1, 0.15) is 27.7 Å². The molecule has 84 valence electrons. The van der Waals surface area contributed by atoms with Gasteiger partial charge in [0.1, 0.15) is 0 Å². The van der Waals surface area contributed by atoms with Gasteiger partial charge in [0.05, 0.1) is 6.17 Å². The molecule has 0 aliphatic carbocycles. The fraction of sp³-hybridized carbons (Fsp3) is 0.700. The first kappa shape index (κ1) is 15.9. The molecular weight excluding hydrogens is 200 g/mol. The highest BCUT2D eigenvalue weighted by molar-refractivity contribution is 5.92. The zero-order chi connectivity index (χ0) is 10.4. The summed E-state index contributed by atoms with van der Waals surface area (Å²) in [6, 6.07) is 0. The molecule has 1 N–H and O–H groups in total. The van der Waals surface area contributed by atoms with E-state index in [1.54, 1.807) is 6.92 Å². The van der Waals surface area contributed by atoms with Gasteiger partial charge in [0, 0.05) is 5.57 Å². The van der Waals surface area contributed by atoms with Crippen molar-refractivity contribution >= 4 is 18.3 Å². The third-order valence-corrected chi connectivity index (χ3v) is 2.09.